The molecule has 0 atom stereocenters. The number of nitro groups is 1. The van der Waals surface area contributed by atoms with Crippen molar-refractivity contribution in [3.63, 3.8) is 0 Å². The van der Waals surface area contributed by atoms with Gasteiger partial charge in [0.25, 0.3) is 5.69 Å². The highest BCUT2D eigenvalue weighted by Crippen LogP contribution is 2.29. The van der Waals surface area contributed by atoms with E-state index in [9.17, 15) is 14.9 Å². The molecule has 0 saturated heterocycles. The van der Waals surface area contributed by atoms with Gasteiger partial charge in [-0.2, -0.15) is 0 Å². The SMILES string of the molecule is CC(C)Cc1cc(-c2ccc([N+](=O)[O-])cc2C=O)cc(Cl)n1. The molecule has 1 heterocycles. The minimum atomic E-state index is -0.527. The number of halogens is 1. The van der Waals surface area contributed by atoms with Gasteiger partial charge in [-0.15, -0.1) is 0 Å². The summed E-state index contributed by atoms with van der Waals surface area (Å²) in [5, 5.41) is 11.1. The molecule has 0 bridgehead atoms. The molecule has 0 amide bonds. The van der Waals surface area contributed by atoms with Crippen molar-refractivity contribution in [3.05, 3.63) is 56.9 Å². The van der Waals surface area contributed by atoms with Gasteiger partial charge in [-0.1, -0.05) is 25.4 Å². The molecule has 2 rings (SSSR count). The summed E-state index contributed by atoms with van der Waals surface area (Å²) in [6.45, 7) is 4.15. The molecular formula is C16H15ClN2O3. The number of nitrogens with zero attached hydrogens (tertiary/aromatic N) is 2. The van der Waals surface area contributed by atoms with Gasteiger partial charge in [-0.3, -0.25) is 14.9 Å². The fourth-order valence-electron chi connectivity index (χ4n) is 2.25. The monoisotopic (exact) mass is 318 g/mol. The van der Waals surface area contributed by atoms with E-state index in [1.807, 2.05) is 6.07 Å². The summed E-state index contributed by atoms with van der Waals surface area (Å²) < 4.78 is 0. The maximum Gasteiger partial charge on any atom is 0.270 e. The van der Waals surface area contributed by atoms with Gasteiger partial charge in [-0.05, 0) is 41.7 Å². The van der Waals surface area contributed by atoms with Crippen LogP contribution in [0.2, 0.25) is 5.15 Å². The van der Waals surface area contributed by atoms with Gasteiger partial charge < -0.3 is 0 Å². The van der Waals surface area contributed by atoms with E-state index in [1.54, 1.807) is 12.1 Å². The summed E-state index contributed by atoms with van der Waals surface area (Å²) in [5.41, 5.74) is 2.30. The number of rotatable bonds is 5. The number of benzene rings is 1. The van der Waals surface area contributed by atoms with Crippen LogP contribution < -0.4 is 0 Å². The van der Waals surface area contributed by atoms with Crippen LogP contribution in [-0.4, -0.2) is 16.2 Å². The normalized spacial score (nSPS) is 10.7. The zero-order valence-corrected chi connectivity index (χ0v) is 13.0. The van der Waals surface area contributed by atoms with E-state index in [0.717, 1.165) is 17.7 Å². The summed E-state index contributed by atoms with van der Waals surface area (Å²) >= 11 is 6.05. The van der Waals surface area contributed by atoms with E-state index >= 15 is 0 Å². The highest BCUT2D eigenvalue weighted by Gasteiger charge is 2.13. The van der Waals surface area contributed by atoms with Crippen LogP contribution in [0.4, 0.5) is 5.69 Å². The number of hydrogen-bond acceptors (Lipinski definition) is 4. The highest BCUT2D eigenvalue weighted by atomic mass is 35.5. The largest absolute Gasteiger partial charge is 0.298 e. The Bertz CT molecular complexity index is 729. The number of aromatic nitrogens is 1. The Labute approximate surface area is 133 Å². The lowest BCUT2D eigenvalue weighted by Gasteiger charge is -2.10. The van der Waals surface area contributed by atoms with Crippen LogP contribution in [0, 0.1) is 16.0 Å². The molecule has 0 fully saturated rings. The molecule has 0 aliphatic heterocycles. The van der Waals surface area contributed by atoms with Crippen LogP contribution >= 0.6 is 11.6 Å². The van der Waals surface area contributed by atoms with Gasteiger partial charge in [0.05, 0.1) is 4.92 Å². The van der Waals surface area contributed by atoms with Crippen molar-refractivity contribution >= 4 is 23.6 Å². The number of carbonyl (C=O) groups excluding carboxylic acids is 1. The molecule has 0 aliphatic carbocycles. The topological polar surface area (TPSA) is 73.1 Å². The second kappa shape index (κ2) is 6.66. The number of non-ortho nitro benzene ring substituents is 1. The first-order valence-electron chi connectivity index (χ1n) is 6.81. The fourth-order valence-corrected chi connectivity index (χ4v) is 2.48. The molecule has 0 spiro atoms. The third kappa shape index (κ3) is 3.68. The zero-order valence-electron chi connectivity index (χ0n) is 12.2. The van der Waals surface area contributed by atoms with Crippen LogP contribution in [-0.2, 0) is 6.42 Å². The van der Waals surface area contributed by atoms with E-state index in [-0.39, 0.29) is 11.3 Å². The van der Waals surface area contributed by atoms with Crippen molar-refractivity contribution < 1.29 is 9.72 Å². The first kappa shape index (κ1) is 16.1. The lowest BCUT2D eigenvalue weighted by molar-refractivity contribution is -0.384. The molecule has 114 valence electrons. The summed E-state index contributed by atoms with van der Waals surface area (Å²) in [5.74, 6) is 0.418. The number of hydrogen-bond donors (Lipinski definition) is 0. The molecule has 0 unspecified atom stereocenters. The van der Waals surface area contributed by atoms with E-state index in [1.165, 1.54) is 12.1 Å². The third-order valence-electron chi connectivity index (χ3n) is 3.15. The van der Waals surface area contributed by atoms with E-state index in [2.05, 4.69) is 18.8 Å². The van der Waals surface area contributed by atoms with Crippen LogP contribution in [0.25, 0.3) is 11.1 Å². The van der Waals surface area contributed by atoms with Gasteiger partial charge in [-0.25, -0.2) is 4.98 Å². The van der Waals surface area contributed by atoms with Crippen molar-refractivity contribution in [2.24, 2.45) is 5.92 Å². The predicted molar refractivity (Wildman–Crippen MR) is 85.3 cm³/mol. The Hall–Kier alpha value is -2.27. The van der Waals surface area contributed by atoms with Crippen molar-refractivity contribution in [2.45, 2.75) is 20.3 Å². The molecular weight excluding hydrogens is 304 g/mol. The Morgan fingerprint density at radius 3 is 2.64 bits per heavy atom. The minimum Gasteiger partial charge on any atom is -0.298 e. The first-order valence-corrected chi connectivity index (χ1v) is 7.19. The van der Waals surface area contributed by atoms with Crippen molar-refractivity contribution in [1.29, 1.82) is 0 Å². The highest BCUT2D eigenvalue weighted by molar-refractivity contribution is 6.29. The molecule has 1 aromatic heterocycles. The average molecular weight is 319 g/mol. The van der Waals surface area contributed by atoms with Crippen molar-refractivity contribution in [2.75, 3.05) is 0 Å². The molecule has 6 heteroatoms. The summed E-state index contributed by atoms with van der Waals surface area (Å²) in [7, 11) is 0. The van der Waals surface area contributed by atoms with Gasteiger partial charge in [0.15, 0.2) is 6.29 Å². The Morgan fingerprint density at radius 1 is 1.32 bits per heavy atom. The van der Waals surface area contributed by atoms with Gasteiger partial charge in [0, 0.05) is 23.4 Å². The van der Waals surface area contributed by atoms with E-state index in [4.69, 9.17) is 11.6 Å². The number of aldehydes is 1. The van der Waals surface area contributed by atoms with Gasteiger partial charge in [0.1, 0.15) is 5.15 Å². The maximum atomic E-state index is 11.3. The average Bonchev–Trinajstić information content (AvgIpc) is 2.45. The predicted octanol–water partition coefficient (Wildman–Crippen LogP) is 4.32. The lowest BCUT2D eigenvalue weighted by atomic mass is 9.98. The van der Waals surface area contributed by atoms with Crippen molar-refractivity contribution in [3.8, 4) is 11.1 Å². The van der Waals surface area contributed by atoms with Gasteiger partial charge in [0.2, 0.25) is 0 Å². The molecule has 0 radical (unpaired) electrons. The van der Waals surface area contributed by atoms with Gasteiger partial charge >= 0.3 is 0 Å². The van der Waals surface area contributed by atoms with Crippen LogP contribution in [0.5, 0.6) is 0 Å². The Kier molecular flexibility index (Phi) is 4.88. The fraction of sp³-hybridized carbons (Fsp3) is 0.250. The molecule has 1 aromatic carbocycles. The Morgan fingerprint density at radius 2 is 2.05 bits per heavy atom. The van der Waals surface area contributed by atoms with E-state index in [0.29, 0.717) is 22.9 Å². The molecule has 2 aromatic rings. The minimum absolute atomic E-state index is 0.117. The second-order valence-electron chi connectivity index (χ2n) is 5.41. The van der Waals surface area contributed by atoms with Crippen LogP contribution in [0.3, 0.4) is 0 Å². The maximum absolute atomic E-state index is 11.3. The third-order valence-corrected chi connectivity index (χ3v) is 3.34. The van der Waals surface area contributed by atoms with Crippen molar-refractivity contribution in [1.82, 2.24) is 4.98 Å². The summed E-state index contributed by atoms with van der Waals surface area (Å²) in [6.07, 6.45) is 1.37. The quantitative estimate of drug-likeness (QED) is 0.356. The molecule has 5 nitrogen and oxygen atoms in total. The molecule has 0 aliphatic rings. The number of carbonyl (C=O) groups is 1. The van der Waals surface area contributed by atoms with Crippen LogP contribution in [0.15, 0.2) is 30.3 Å². The summed E-state index contributed by atoms with van der Waals surface area (Å²) in [4.78, 5) is 25.8. The molecule has 0 saturated carbocycles. The molecule has 22 heavy (non-hydrogen) atoms. The van der Waals surface area contributed by atoms with Crippen LogP contribution in [0.1, 0.15) is 29.9 Å². The number of pyridine rings is 1. The smallest absolute Gasteiger partial charge is 0.270 e. The first-order chi connectivity index (χ1) is 10.4. The lowest BCUT2D eigenvalue weighted by Crippen LogP contribution is -1.99. The summed E-state index contributed by atoms with van der Waals surface area (Å²) in [6, 6.07) is 7.71. The number of nitro benzene ring substituents is 1. The Balaban J connectivity index is 2.53. The zero-order chi connectivity index (χ0) is 16.3. The second-order valence-corrected chi connectivity index (χ2v) is 5.80. The standard InChI is InChI=1S/C16H15ClN2O3/c1-10(2)5-13-6-11(8-16(17)18-13)15-4-3-14(19(21)22)7-12(15)9-20/h3-4,6-10H,5H2,1-2H3. The molecule has 0 N–H and O–H groups in total. The van der Waals surface area contributed by atoms with E-state index < -0.39 is 4.92 Å².